The minimum absolute atomic E-state index is 0.0370. The number of aliphatic carboxylic acids is 2. The van der Waals surface area contributed by atoms with Gasteiger partial charge in [-0.1, -0.05) is 72.8 Å². The number of likely N-dealkylation sites (tertiary alicyclic amines) is 1. The molecule has 0 spiro atoms. The third kappa shape index (κ3) is 6.24. The molecule has 2 fully saturated rings. The SMILES string of the molecule is COCCC1(C(=O)O)C(c2cccc([N+](=O)[O-])c2)C(CCCN2CCC(c3ccccc3)(c3ccccc3)CC2)(C(=O)O)C(C)N[C@H]1C. The normalized spacial score (nSPS) is 27.3. The number of non-ortho nitro benzene ring substituents is 1. The number of rotatable bonds is 13. The van der Waals surface area contributed by atoms with E-state index in [0.29, 0.717) is 18.5 Å². The standard InChI is InChI=1S/C38H47N3O7/c1-27-37(34(42)43,33(29-12-10-17-32(26-29)41(46)47)38(35(44)45,21-25-48-3)28(2)39-27)18-11-22-40-23-19-36(20-24-40,30-13-6-4-7-14-30)31-15-8-5-9-16-31/h4-10,12-17,26-28,33,39H,11,18-25H2,1-3H3,(H,42,43)(H,44,45)/t27?,28-,33?,37?,38?/m0/s1. The molecule has 0 aliphatic carbocycles. The Hall–Kier alpha value is -4.12. The molecule has 5 rings (SSSR count). The molecule has 0 amide bonds. The molecule has 3 N–H and O–H groups in total. The third-order valence-electron chi connectivity index (χ3n) is 11.4. The maximum atomic E-state index is 13.6. The summed E-state index contributed by atoms with van der Waals surface area (Å²) in [6.45, 7) is 5.96. The smallest absolute Gasteiger partial charge is 0.311 e. The van der Waals surface area contributed by atoms with Crippen LogP contribution in [0.5, 0.6) is 0 Å². The Kier molecular flexibility index (Phi) is 10.7. The number of carboxylic acids is 2. The van der Waals surface area contributed by atoms with E-state index >= 15 is 0 Å². The highest BCUT2D eigenvalue weighted by atomic mass is 16.6. The second-order valence-corrected chi connectivity index (χ2v) is 13.6. The van der Waals surface area contributed by atoms with Crippen LogP contribution in [0.15, 0.2) is 84.9 Å². The Bertz CT molecular complexity index is 1540. The molecule has 0 bridgehead atoms. The first-order valence-corrected chi connectivity index (χ1v) is 16.8. The number of methoxy groups -OCH3 is 1. The molecule has 48 heavy (non-hydrogen) atoms. The second-order valence-electron chi connectivity index (χ2n) is 13.6. The van der Waals surface area contributed by atoms with Crippen LogP contribution in [0.1, 0.15) is 68.6 Å². The lowest BCUT2D eigenvalue weighted by atomic mass is 9.49. The average Bonchev–Trinajstić information content (AvgIpc) is 3.09. The van der Waals surface area contributed by atoms with Crippen molar-refractivity contribution in [3.05, 3.63) is 112 Å². The summed E-state index contributed by atoms with van der Waals surface area (Å²) in [4.78, 5) is 40.7. The van der Waals surface area contributed by atoms with Crippen LogP contribution >= 0.6 is 0 Å². The maximum absolute atomic E-state index is 13.6. The van der Waals surface area contributed by atoms with Gasteiger partial charge in [0.1, 0.15) is 0 Å². The van der Waals surface area contributed by atoms with Gasteiger partial charge in [-0.2, -0.15) is 0 Å². The summed E-state index contributed by atoms with van der Waals surface area (Å²) in [5.41, 5.74) is -0.567. The van der Waals surface area contributed by atoms with Gasteiger partial charge in [-0.3, -0.25) is 19.7 Å². The zero-order valence-electron chi connectivity index (χ0n) is 28.0. The van der Waals surface area contributed by atoms with Crippen molar-refractivity contribution in [2.24, 2.45) is 10.8 Å². The predicted molar refractivity (Wildman–Crippen MR) is 183 cm³/mol. The van der Waals surface area contributed by atoms with Gasteiger partial charge in [0.05, 0.1) is 15.8 Å². The molecular weight excluding hydrogens is 610 g/mol. The molecule has 10 nitrogen and oxygen atoms in total. The number of benzene rings is 3. The lowest BCUT2D eigenvalue weighted by Crippen LogP contribution is -2.69. The van der Waals surface area contributed by atoms with Crippen LogP contribution in [0.25, 0.3) is 0 Å². The quantitative estimate of drug-likeness (QED) is 0.147. The zero-order valence-corrected chi connectivity index (χ0v) is 28.0. The molecule has 5 atom stereocenters. The van der Waals surface area contributed by atoms with Crippen LogP contribution in [0.3, 0.4) is 0 Å². The van der Waals surface area contributed by atoms with E-state index in [2.05, 4.69) is 58.7 Å². The first kappa shape index (κ1) is 35.2. The van der Waals surface area contributed by atoms with Gasteiger partial charge in [-0.25, -0.2) is 0 Å². The summed E-state index contributed by atoms with van der Waals surface area (Å²) >= 11 is 0. The van der Waals surface area contributed by atoms with Crippen LogP contribution in [-0.2, 0) is 19.7 Å². The molecule has 0 aromatic heterocycles. The van der Waals surface area contributed by atoms with E-state index < -0.39 is 45.7 Å². The van der Waals surface area contributed by atoms with Gasteiger partial charge in [0.25, 0.3) is 5.69 Å². The summed E-state index contributed by atoms with van der Waals surface area (Å²) in [5.74, 6) is -3.32. The van der Waals surface area contributed by atoms with Crippen LogP contribution in [0, 0.1) is 20.9 Å². The number of hydrogen-bond donors (Lipinski definition) is 3. The topological polar surface area (TPSA) is 142 Å². The Morgan fingerprint density at radius 3 is 1.92 bits per heavy atom. The number of nitrogens with zero attached hydrogens (tertiary/aromatic N) is 2. The average molecular weight is 658 g/mol. The molecule has 0 radical (unpaired) electrons. The van der Waals surface area contributed by atoms with Crippen LogP contribution in [0.2, 0.25) is 0 Å². The number of ether oxygens (including phenoxy) is 1. The monoisotopic (exact) mass is 657 g/mol. The molecule has 2 heterocycles. The largest absolute Gasteiger partial charge is 0.481 e. The highest BCUT2D eigenvalue weighted by Gasteiger charge is 2.66. The summed E-state index contributed by atoms with van der Waals surface area (Å²) in [6.07, 6.45) is 2.57. The number of nitro groups is 1. The fraction of sp³-hybridized carbons (Fsp3) is 0.474. The van der Waals surface area contributed by atoms with E-state index in [4.69, 9.17) is 4.74 Å². The Balaban J connectivity index is 1.46. The van der Waals surface area contributed by atoms with Crippen molar-refractivity contribution in [1.82, 2.24) is 10.2 Å². The summed E-state index contributed by atoms with van der Waals surface area (Å²) < 4.78 is 5.36. The van der Waals surface area contributed by atoms with Gasteiger partial charge in [-0.05, 0) is 82.3 Å². The van der Waals surface area contributed by atoms with E-state index in [1.807, 2.05) is 12.1 Å². The van der Waals surface area contributed by atoms with Gasteiger partial charge in [0.2, 0.25) is 0 Å². The van der Waals surface area contributed by atoms with Crippen LogP contribution in [-0.4, -0.2) is 77.4 Å². The van der Waals surface area contributed by atoms with Crippen molar-refractivity contribution in [1.29, 1.82) is 0 Å². The molecule has 3 aromatic rings. The van der Waals surface area contributed by atoms with Crippen molar-refractivity contribution >= 4 is 17.6 Å². The van der Waals surface area contributed by atoms with E-state index in [0.717, 1.165) is 25.9 Å². The molecule has 4 unspecified atom stereocenters. The number of nitro benzene ring substituents is 1. The van der Waals surface area contributed by atoms with Crippen LogP contribution in [0.4, 0.5) is 5.69 Å². The van der Waals surface area contributed by atoms with E-state index in [1.165, 1.54) is 36.4 Å². The first-order valence-electron chi connectivity index (χ1n) is 16.8. The number of carboxylic acid groups (broad SMARTS) is 2. The summed E-state index contributed by atoms with van der Waals surface area (Å²) in [7, 11) is 1.48. The van der Waals surface area contributed by atoms with E-state index in [9.17, 15) is 29.9 Å². The second kappa shape index (κ2) is 14.6. The molecule has 3 aromatic carbocycles. The lowest BCUT2D eigenvalue weighted by molar-refractivity contribution is -0.385. The van der Waals surface area contributed by atoms with Crippen molar-refractivity contribution in [2.75, 3.05) is 33.4 Å². The molecule has 2 saturated heterocycles. The van der Waals surface area contributed by atoms with Gasteiger partial charge >= 0.3 is 11.9 Å². The molecule has 256 valence electrons. The zero-order chi connectivity index (χ0) is 34.5. The Morgan fingerprint density at radius 1 is 0.875 bits per heavy atom. The van der Waals surface area contributed by atoms with E-state index in [1.54, 1.807) is 19.9 Å². The third-order valence-corrected chi connectivity index (χ3v) is 11.4. The molecule has 0 saturated carbocycles. The van der Waals surface area contributed by atoms with Gasteiger partial charge < -0.3 is 25.2 Å². The molecule has 10 heteroatoms. The first-order chi connectivity index (χ1) is 23.0. The Labute approximate surface area is 282 Å². The van der Waals surface area contributed by atoms with Crippen LogP contribution < -0.4 is 5.32 Å². The fourth-order valence-corrected chi connectivity index (χ4v) is 8.88. The number of hydrogen-bond acceptors (Lipinski definition) is 7. The minimum Gasteiger partial charge on any atom is -0.481 e. The van der Waals surface area contributed by atoms with E-state index in [-0.39, 0.29) is 30.6 Å². The van der Waals surface area contributed by atoms with Crippen molar-refractivity contribution < 1.29 is 29.5 Å². The number of carbonyl (C=O) groups is 2. The van der Waals surface area contributed by atoms with Gasteiger partial charge in [0, 0.05) is 49.3 Å². The van der Waals surface area contributed by atoms with Gasteiger partial charge in [0.15, 0.2) is 0 Å². The molecular formula is C38H47N3O7. The van der Waals surface area contributed by atoms with Crippen molar-refractivity contribution in [3.63, 3.8) is 0 Å². The number of nitrogens with one attached hydrogen (secondary N) is 1. The maximum Gasteiger partial charge on any atom is 0.311 e. The summed E-state index contributed by atoms with van der Waals surface area (Å²) in [6, 6.07) is 25.8. The minimum atomic E-state index is -1.60. The highest BCUT2D eigenvalue weighted by Crippen LogP contribution is 2.59. The highest BCUT2D eigenvalue weighted by molar-refractivity contribution is 5.84. The lowest BCUT2D eigenvalue weighted by Gasteiger charge is -2.57. The summed E-state index contributed by atoms with van der Waals surface area (Å²) in [5, 5.41) is 37.2. The molecule has 2 aliphatic rings. The predicted octanol–water partition coefficient (Wildman–Crippen LogP) is 6.10. The van der Waals surface area contributed by atoms with Gasteiger partial charge in [-0.15, -0.1) is 0 Å². The fourth-order valence-electron chi connectivity index (χ4n) is 8.88. The number of piperidine rings is 2. The molecule has 2 aliphatic heterocycles. The van der Waals surface area contributed by atoms with Crippen molar-refractivity contribution in [3.8, 4) is 0 Å². The Morgan fingerprint density at radius 2 is 1.42 bits per heavy atom. The van der Waals surface area contributed by atoms with Crippen molar-refractivity contribution in [2.45, 2.75) is 69.4 Å².